The minimum absolute atomic E-state index is 0.0495. The highest BCUT2D eigenvalue weighted by Crippen LogP contribution is 2.61. The van der Waals surface area contributed by atoms with Crippen molar-refractivity contribution in [1.29, 1.82) is 0 Å². The second-order valence-corrected chi connectivity index (χ2v) is 14.5. The third-order valence-corrected chi connectivity index (χ3v) is 12.3. The Bertz CT molecular complexity index is 1610. The lowest BCUT2D eigenvalue weighted by Crippen LogP contribution is -2.74. The highest BCUT2D eigenvalue weighted by Gasteiger charge is 2.57. The molecule has 1 aromatic rings. The standard InChI is InChI=1S/C40H43N/c1-3-27-29-12-6-7-13-30(29)31-17-15-25(19-33(27)31)26-16-18-32-34(20-26)35-21-36(35)37-22-40(2,23-41-39(32)37)38-14-8-10-24-9-4-5-11-28(24)38/h5,8,10-11,14,16,18-20,23,27,32,34-36H,3-4,6-7,9,12-13,15,17,21-22H2,1-2H3/p+1/t27?,32?,34?,35?,36?,40-/m0/s1. The summed E-state index contributed by atoms with van der Waals surface area (Å²) in [6.07, 6.45) is 31.8. The molecule has 0 saturated heterocycles. The minimum Gasteiger partial charge on any atom is -0.218 e. The zero-order chi connectivity index (χ0) is 27.3. The predicted molar refractivity (Wildman–Crippen MR) is 169 cm³/mol. The molecule has 1 aliphatic heterocycles. The van der Waals surface area contributed by atoms with Crippen LogP contribution < -0.4 is 4.99 Å². The lowest BCUT2D eigenvalue weighted by atomic mass is 9.67. The Morgan fingerprint density at radius 1 is 0.976 bits per heavy atom. The molecular weight excluding hydrogens is 494 g/mol. The molecule has 1 heteroatoms. The maximum Gasteiger partial charge on any atom is 0.186 e. The van der Waals surface area contributed by atoms with Crippen LogP contribution in [0.15, 0.2) is 93.3 Å². The van der Waals surface area contributed by atoms with E-state index in [1.165, 1.54) is 87.3 Å². The van der Waals surface area contributed by atoms with E-state index in [2.05, 4.69) is 79.7 Å². The Morgan fingerprint density at radius 3 is 2.83 bits per heavy atom. The van der Waals surface area contributed by atoms with Crippen LogP contribution in [0.3, 0.4) is 0 Å². The van der Waals surface area contributed by atoms with Crippen molar-refractivity contribution in [3.8, 4) is 0 Å². The second-order valence-electron chi connectivity index (χ2n) is 14.5. The highest BCUT2D eigenvalue weighted by molar-refractivity contribution is 5.76. The van der Waals surface area contributed by atoms with Crippen molar-refractivity contribution >= 4 is 12.3 Å². The van der Waals surface area contributed by atoms with Crippen molar-refractivity contribution in [2.24, 2.45) is 29.6 Å². The first-order chi connectivity index (χ1) is 20.1. The highest BCUT2D eigenvalue weighted by atomic mass is 14.8. The summed E-state index contributed by atoms with van der Waals surface area (Å²) in [5, 5.41) is 0. The minimum atomic E-state index is 0.0495. The Kier molecular flexibility index (Phi) is 5.43. The first-order valence-corrected chi connectivity index (χ1v) is 16.8. The second kappa shape index (κ2) is 9.03. The summed E-state index contributed by atoms with van der Waals surface area (Å²) in [7, 11) is 0. The van der Waals surface area contributed by atoms with E-state index >= 15 is 0 Å². The molecule has 9 rings (SSSR count). The average molecular weight is 539 g/mol. The van der Waals surface area contributed by atoms with E-state index in [0.717, 1.165) is 11.8 Å². The summed E-state index contributed by atoms with van der Waals surface area (Å²) in [6, 6.07) is 7.02. The van der Waals surface area contributed by atoms with Crippen LogP contribution in [-0.4, -0.2) is 6.21 Å². The average Bonchev–Trinajstić information content (AvgIpc) is 3.77. The van der Waals surface area contributed by atoms with E-state index < -0.39 is 0 Å². The van der Waals surface area contributed by atoms with Gasteiger partial charge < -0.3 is 0 Å². The summed E-state index contributed by atoms with van der Waals surface area (Å²) in [4.78, 5) is 3.96. The first kappa shape index (κ1) is 24.6. The predicted octanol–water partition coefficient (Wildman–Crippen LogP) is 8.02. The quantitative estimate of drug-likeness (QED) is 0.401. The molecule has 1 aromatic carbocycles. The molecule has 1 fully saturated rings. The van der Waals surface area contributed by atoms with Gasteiger partial charge in [0.1, 0.15) is 0 Å². The lowest BCUT2D eigenvalue weighted by Gasteiger charge is -2.36. The van der Waals surface area contributed by atoms with E-state index in [9.17, 15) is 0 Å². The normalized spacial score (nSPS) is 36.2. The van der Waals surface area contributed by atoms with Crippen molar-refractivity contribution in [1.82, 2.24) is 0 Å². The van der Waals surface area contributed by atoms with E-state index in [4.69, 9.17) is 0 Å². The maximum atomic E-state index is 3.96. The van der Waals surface area contributed by atoms with Crippen LogP contribution in [0.4, 0.5) is 0 Å². The SMILES string of the molecule is CCC1C2=C(CCC(C3=CC4C(C=C3)C3=C(C[C@](C)(c5cccc6c5C=CCC6)C=[NH+]3)C3CC34)=C2)C2=C1CCCC2. The number of aryl methyl sites for hydroxylation is 1. The number of hydrogen-bond acceptors (Lipinski definition) is 0. The molecule has 0 spiro atoms. The molecule has 8 aliphatic rings. The van der Waals surface area contributed by atoms with Gasteiger partial charge >= 0.3 is 0 Å². The fraction of sp³-hybridized carbons (Fsp3) is 0.475. The van der Waals surface area contributed by atoms with E-state index in [-0.39, 0.29) is 5.41 Å². The number of hydrogen-bond donors (Lipinski definition) is 1. The number of nitrogens with one attached hydrogen (secondary N) is 1. The van der Waals surface area contributed by atoms with Gasteiger partial charge in [0.2, 0.25) is 0 Å². The summed E-state index contributed by atoms with van der Waals surface area (Å²) >= 11 is 0. The van der Waals surface area contributed by atoms with Crippen LogP contribution in [-0.2, 0) is 11.8 Å². The molecule has 0 amide bonds. The summed E-state index contributed by atoms with van der Waals surface area (Å²) in [6.45, 7) is 4.88. The summed E-state index contributed by atoms with van der Waals surface area (Å²) in [5.41, 5.74) is 18.1. The third kappa shape index (κ3) is 3.63. The van der Waals surface area contributed by atoms with Crippen LogP contribution in [0.2, 0.25) is 0 Å². The van der Waals surface area contributed by atoms with Gasteiger partial charge in [0, 0.05) is 11.5 Å². The molecule has 0 aromatic heterocycles. The fourth-order valence-corrected chi connectivity index (χ4v) is 10.2. The van der Waals surface area contributed by atoms with E-state index in [1.807, 2.05) is 5.57 Å². The Morgan fingerprint density at radius 2 is 1.90 bits per heavy atom. The molecule has 41 heavy (non-hydrogen) atoms. The first-order valence-electron chi connectivity index (χ1n) is 16.8. The summed E-state index contributed by atoms with van der Waals surface area (Å²) in [5.74, 6) is 3.48. The molecule has 7 aliphatic carbocycles. The zero-order valence-corrected chi connectivity index (χ0v) is 24.9. The number of fused-ring (bicyclic) bond motifs is 7. The van der Waals surface area contributed by atoms with Gasteiger partial charge in [-0.1, -0.05) is 67.2 Å². The molecule has 0 radical (unpaired) electrons. The van der Waals surface area contributed by atoms with Crippen LogP contribution >= 0.6 is 0 Å². The van der Waals surface area contributed by atoms with Gasteiger partial charge in [-0.05, 0) is 140 Å². The maximum absolute atomic E-state index is 3.96. The van der Waals surface area contributed by atoms with Gasteiger partial charge in [0.25, 0.3) is 0 Å². The van der Waals surface area contributed by atoms with Gasteiger partial charge in [-0.2, -0.15) is 0 Å². The lowest BCUT2D eigenvalue weighted by molar-refractivity contribution is -0.410. The van der Waals surface area contributed by atoms with Crippen molar-refractivity contribution in [2.75, 3.05) is 0 Å². The largest absolute Gasteiger partial charge is 0.218 e. The number of rotatable bonds is 3. The Balaban J connectivity index is 1.01. The molecule has 5 unspecified atom stereocenters. The van der Waals surface area contributed by atoms with Gasteiger partial charge in [0.15, 0.2) is 11.9 Å². The third-order valence-electron chi connectivity index (χ3n) is 12.3. The van der Waals surface area contributed by atoms with Crippen molar-refractivity contribution in [3.63, 3.8) is 0 Å². The van der Waals surface area contributed by atoms with E-state index in [1.54, 1.807) is 39.1 Å². The molecular formula is C40H44N+. The number of allylic oxidation sites excluding steroid dienone is 12. The number of benzene rings is 1. The van der Waals surface area contributed by atoms with Gasteiger partial charge in [-0.25, -0.2) is 4.99 Å². The van der Waals surface area contributed by atoms with Crippen molar-refractivity contribution < 1.29 is 4.99 Å². The molecule has 1 N–H and O–H groups in total. The topological polar surface area (TPSA) is 14.0 Å². The van der Waals surface area contributed by atoms with Crippen LogP contribution in [0.25, 0.3) is 6.08 Å². The monoisotopic (exact) mass is 538 g/mol. The fourth-order valence-electron chi connectivity index (χ4n) is 10.2. The Hall–Kier alpha value is -2.93. The molecule has 6 atom stereocenters. The van der Waals surface area contributed by atoms with Crippen LogP contribution in [0.5, 0.6) is 0 Å². The van der Waals surface area contributed by atoms with Gasteiger partial charge in [-0.15, -0.1) is 0 Å². The summed E-state index contributed by atoms with van der Waals surface area (Å²) < 4.78 is 0. The molecule has 1 heterocycles. The Labute approximate surface area is 246 Å². The molecule has 208 valence electrons. The smallest absolute Gasteiger partial charge is 0.186 e. The van der Waals surface area contributed by atoms with Crippen LogP contribution in [0.1, 0.15) is 94.7 Å². The molecule has 1 nitrogen and oxygen atoms in total. The van der Waals surface area contributed by atoms with Crippen LogP contribution in [0, 0.1) is 29.6 Å². The van der Waals surface area contributed by atoms with Gasteiger partial charge in [-0.3, -0.25) is 0 Å². The zero-order valence-electron chi connectivity index (χ0n) is 24.9. The van der Waals surface area contributed by atoms with Crippen molar-refractivity contribution in [3.05, 3.63) is 110 Å². The molecule has 1 saturated carbocycles. The molecule has 0 bridgehead atoms. The van der Waals surface area contributed by atoms with Gasteiger partial charge in [0.05, 0.1) is 11.3 Å². The van der Waals surface area contributed by atoms with E-state index in [0.29, 0.717) is 17.8 Å². The van der Waals surface area contributed by atoms with Crippen molar-refractivity contribution in [2.45, 2.75) is 89.9 Å².